The van der Waals surface area contributed by atoms with E-state index < -0.39 is 24.5 Å². The molecule has 10 aromatic rings. The zero-order chi connectivity index (χ0) is 51.2. The van der Waals surface area contributed by atoms with Crippen molar-refractivity contribution in [2.45, 2.75) is 72.6 Å². The van der Waals surface area contributed by atoms with Gasteiger partial charge < -0.3 is 4.74 Å². The Morgan fingerprint density at radius 2 is 1.31 bits per heavy atom. The van der Waals surface area contributed by atoms with Crippen LogP contribution in [0.1, 0.15) is 81.7 Å². The van der Waals surface area contributed by atoms with Crippen molar-refractivity contribution in [3.63, 3.8) is 0 Å². The molecule has 5 heteroatoms. The number of rotatable bonds is 9. The van der Waals surface area contributed by atoms with Crippen LogP contribution in [0.5, 0.6) is 11.5 Å². The second kappa shape index (κ2) is 16.4. The smallest absolute Gasteiger partial charge is 0.269 e. The maximum atomic E-state index is 9.20. The Kier molecular flexibility index (Phi) is 8.63. The van der Waals surface area contributed by atoms with E-state index in [0.29, 0.717) is 34.1 Å². The Balaban J connectivity index is 1.14. The largest absolute Gasteiger partial charge is 0.458 e. The highest BCUT2D eigenvalue weighted by atomic mass is 16.5. The Morgan fingerprint density at radius 1 is 0.646 bits per heavy atom. The Morgan fingerprint density at radius 3 is 2.05 bits per heavy atom. The van der Waals surface area contributed by atoms with Gasteiger partial charge in [-0.2, -0.15) is 0 Å². The van der Waals surface area contributed by atoms with E-state index in [2.05, 4.69) is 76.7 Å². The molecule has 0 spiro atoms. The first-order valence-electron chi connectivity index (χ1n) is 25.7. The number of benzene rings is 7. The summed E-state index contributed by atoms with van der Waals surface area (Å²) in [5.41, 5.74) is 9.57. The van der Waals surface area contributed by atoms with Crippen molar-refractivity contribution < 1.29 is 18.9 Å². The third-order valence-corrected chi connectivity index (χ3v) is 12.0. The van der Waals surface area contributed by atoms with Gasteiger partial charge in [-0.05, 0) is 111 Å². The van der Waals surface area contributed by atoms with Crippen molar-refractivity contribution in [1.82, 2.24) is 14.1 Å². The van der Waals surface area contributed by atoms with Crippen molar-refractivity contribution in [3.8, 4) is 50.9 Å². The van der Waals surface area contributed by atoms with Crippen LogP contribution in [0.4, 0.5) is 0 Å². The molecule has 0 aliphatic rings. The first kappa shape index (κ1) is 34.2. The molecule has 3 aromatic heterocycles. The van der Waals surface area contributed by atoms with E-state index in [1.54, 1.807) is 12.3 Å². The minimum atomic E-state index is -1.55. The Labute approximate surface area is 393 Å². The van der Waals surface area contributed by atoms with Crippen LogP contribution in [0.2, 0.25) is 0 Å². The summed E-state index contributed by atoms with van der Waals surface area (Å²) in [4.78, 5) is 4.76. The minimum Gasteiger partial charge on any atom is -0.458 e. The molecule has 5 nitrogen and oxygen atoms in total. The fraction of sp³-hybridized carbons (Fsp3) is 0.200. The van der Waals surface area contributed by atoms with Gasteiger partial charge in [0.2, 0.25) is 0 Å². The van der Waals surface area contributed by atoms with E-state index in [1.165, 1.54) is 0 Å². The van der Waals surface area contributed by atoms with Gasteiger partial charge >= 0.3 is 0 Å². The molecular formula is C60H56N4O. The van der Waals surface area contributed by atoms with Crippen molar-refractivity contribution in [2.75, 3.05) is 0 Å². The van der Waals surface area contributed by atoms with E-state index in [4.69, 9.17) is 16.6 Å². The molecule has 0 atom stereocenters. The van der Waals surface area contributed by atoms with Gasteiger partial charge in [-0.3, -0.25) is 13.7 Å². The molecule has 0 saturated carbocycles. The quantitative estimate of drug-likeness (QED) is 0.107. The zero-order valence-electron chi connectivity index (χ0n) is 45.1. The van der Waals surface area contributed by atoms with Crippen molar-refractivity contribution in [3.05, 3.63) is 199 Å². The third kappa shape index (κ3) is 8.01. The molecule has 10 rings (SSSR count). The molecule has 0 N–H and O–H groups in total. The predicted molar refractivity (Wildman–Crippen MR) is 269 cm³/mol. The van der Waals surface area contributed by atoms with Gasteiger partial charge in [0, 0.05) is 25.8 Å². The number of hydrogen-bond donors (Lipinski definition) is 0. The molecule has 65 heavy (non-hydrogen) atoms. The number of imidazole rings is 1. The topological polar surface area (TPSA) is 35.9 Å². The fourth-order valence-corrected chi connectivity index (χ4v) is 8.72. The fourth-order valence-electron chi connectivity index (χ4n) is 8.72. The van der Waals surface area contributed by atoms with Crippen molar-refractivity contribution >= 4 is 32.8 Å². The third-order valence-electron chi connectivity index (χ3n) is 12.0. The van der Waals surface area contributed by atoms with Crippen LogP contribution in [0.25, 0.3) is 72.3 Å². The van der Waals surface area contributed by atoms with Gasteiger partial charge in [-0.15, -0.1) is 0 Å². The number of hydrogen-bond acceptors (Lipinski definition) is 2. The standard InChI is InChI=1S/C60H56N4O/c1-40(2)32-41-30-31-61-57(33-41)64-53-25-13-12-22-51(53)52-29-28-48(38-56(52)64)65-47-21-16-20-46(37-47)62-39-63(55-27-15-14-26-54(55)62)58-49(42-18-10-9-11-19-42)23-17-24-50(58)43-34-44(59(3,4)5)36-45(35-43)60(6,7)8/h9-31,33-38,40H,32H2,1-8H3/i9D,10D,11D,18D,19D,32D2. The normalized spacial score (nSPS) is 14.0. The summed E-state index contributed by atoms with van der Waals surface area (Å²) >= 11 is 0. The van der Waals surface area contributed by atoms with Crippen molar-refractivity contribution in [2.24, 2.45) is 5.92 Å². The highest BCUT2D eigenvalue weighted by molar-refractivity contribution is 6.09. The maximum Gasteiger partial charge on any atom is 0.269 e. The lowest BCUT2D eigenvalue weighted by atomic mass is 9.78. The zero-order valence-corrected chi connectivity index (χ0v) is 38.1. The molecule has 0 aliphatic heterocycles. The van der Waals surface area contributed by atoms with Gasteiger partial charge in [-0.1, -0.05) is 171 Å². The lowest BCUT2D eigenvalue weighted by Gasteiger charge is -2.27. The van der Waals surface area contributed by atoms with E-state index in [-0.39, 0.29) is 34.4 Å². The maximum absolute atomic E-state index is 9.20. The average Bonchev–Trinajstić information content (AvgIpc) is 3.90. The van der Waals surface area contributed by atoms with Gasteiger partial charge in [0.25, 0.3) is 6.33 Å². The number of aromatic nitrogens is 4. The SMILES string of the molecule is [2H]c1c([2H])c([2H])c(-c2cccc(-c3cc(C(C)(C)C)cc(C(C)(C)C)c3)c2-[n+]2[c-]n(-c3cccc(Oc4ccc5c6ccccc6n(-c6cc(C([2H])([2H])C(C)C)ccn6)c5c4)c3)c3ccccc32)c([2H])c1[2H]. The molecule has 0 unspecified atom stereocenters. The summed E-state index contributed by atoms with van der Waals surface area (Å²) in [5, 5.41) is 2.04. The van der Waals surface area contributed by atoms with Gasteiger partial charge in [0.1, 0.15) is 17.3 Å². The molecule has 322 valence electrons. The predicted octanol–water partition coefficient (Wildman–Crippen LogP) is 15.1. The van der Waals surface area contributed by atoms with E-state index in [1.807, 2.05) is 132 Å². The summed E-state index contributed by atoms with van der Waals surface area (Å²) in [6.07, 6.45) is 3.80. The monoisotopic (exact) mass is 855 g/mol. The van der Waals surface area contributed by atoms with Crippen molar-refractivity contribution in [1.29, 1.82) is 0 Å². The molecule has 0 aliphatic carbocycles. The van der Waals surface area contributed by atoms with Gasteiger partial charge in [0.15, 0.2) is 0 Å². The van der Waals surface area contributed by atoms with Crippen LogP contribution < -0.4 is 9.30 Å². The Bertz CT molecular complexity index is 3720. The summed E-state index contributed by atoms with van der Waals surface area (Å²) < 4.78 is 74.7. The highest BCUT2D eigenvalue weighted by Crippen LogP contribution is 2.40. The number of nitrogens with zero attached hydrogens (tertiary/aromatic N) is 4. The summed E-state index contributed by atoms with van der Waals surface area (Å²) in [7, 11) is 0. The summed E-state index contributed by atoms with van der Waals surface area (Å²) in [6, 6.07) is 44.1. The van der Waals surface area contributed by atoms with E-state index >= 15 is 0 Å². The average molecular weight is 856 g/mol. The molecule has 0 radical (unpaired) electrons. The second-order valence-electron chi connectivity index (χ2n) is 19.1. The molecule has 0 saturated heterocycles. The van der Waals surface area contributed by atoms with Gasteiger partial charge in [-0.25, -0.2) is 4.98 Å². The first-order valence-corrected chi connectivity index (χ1v) is 22.2. The minimum absolute atomic E-state index is 0.102. The summed E-state index contributed by atoms with van der Waals surface area (Å²) in [6.45, 7) is 16.9. The second-order valence-corrected chi connectivity index (χ2v) is 19.1. The molecule has 3 heterocycles. The highest BCUT2D eigenvalue weighted by Gasteiger charge is 2.25. The van der Waals surface area contributed by atoms with Crippen LogP contribution in [-0.4, -0.2) is 14.1 Å². The number of para-hydroxylation sites is 4. The molecular weight excluding hydrogens is 793 g/mol. The first-order chi connectivity index (χ1) is 34.1. The van der Waals surface area contributed by atoms with Crippen LogP contribution in [0.3, 0.4) is 0 Å². The van der Waals surface area contributed by atoms with Crippen LogP contribution >= 0.6 is 0 Å². The lowest BCUT2D eigenvalue weighted by Crippen LogP contribution is -2.31. The lowest BCUT2D eigenvalue weighted by molar-refractivity contribution is -0.571. The summed E-state index contributed by atoms with van der Waals surface area (Å²) in [5.74, 6) is 1.54. The molecule has 0 fully saturated rings. The van der Waals surface area contributed by atoms with Crippen LogP contribution in [0, 0.1) is 12.2 Å². The number of fused-ring (bicyclic) bond motifs is 4. The van der Waals surface area contributed by atoms with Gasteiger partial charge in [0.05, 0.1) is 40.3 Å². The molecule has 7 aromatic carbocycles. The van der Waals surface area contributed by atoms with Crippen LogP contribution in [0.15, 0.2) is 176 Å². The number of ether oxygens (including phenoxy) is 1. The number of pyridine rings is 1. The van der Waals surface area contributed by atoms with E-state index in [9.17, 15) is 2.74 Å². The molecule has 0 bridgehead atoms. The Hall–Kier alpha value is -7.24. The molecule has 0 amide bonds. The van der Waals surface area contributed by atoms with E-state index in [0.717, 1.165) is 60.8 Å². The van der Waals surface area contributed by atoms with Crippen LogP contribution in [-0.2, 0) is 17.2 Å².